The fourth-order valence-corrected chi connectivity index (χ4v) is 2.47. The molecule has 16 heavy (non-hydrogen) atoms. The highest BCUT2D eigenvalue weighted by molar-refractivity contribution is 9.10. The molecule has 0 aliphatic carbocycles. The SMILES string of the molecule is FC1(F)CCn2c(nc3ccc(Br)cc32)C1. The maximum atomic E-state index is 13.2. The molecule has 0 amide bonds. The number of fused-ring (bicyclic) bond motifs is 3. The van der Waals surface area contributed by atoms with Crippen LogP contribution in [0.1, 0.15) is 12.2 Å². The lowest BCUT2D eigenvalue weighted by Gasteiger charge is -2.23. The van der Waals surface area contributed by atoms with Crippen molar-refractivity contribution in [3.8, 4) is 0 Å². The summed E-state index contributed by atoms with van der Waals surface area (Å²) in [5.74, 6) is -2.11. The van der Waals surface area contributed by atoms with Crippen LogP contribution in [-0.4, -0.2) is 15.5 Å². The summed E-state index contributed by atoms with van der Waals surface area (Å²) in [6, 6.07) is 5.65. The van der Waals surface area contributed by atoms with Crippen LogP contribution in [0.25, 0.3) is 11.0 Å². The fourth-order valence-electron chi connectivity index (χ4n) is 2.13. The third-order valence-electron chi connectivity index (χ3n) is 2.91. The Balaban J connectivity index is 2.21. The number of hydrogen-bond acceptors (Lipinski definition) is 1. The molecule has 84 valence electrons. The summed E-state index contributed by atoms with van der Waals surface area (Å²) < 4.78 is 29.3. The Bertz CT molecular complexity index is 562. The molecule has 0 N–H and O–H groups in total. The maximum Gasteiger partial charge on any atom is 0.256 e. The van der Waals surface area contributed by atoms with E-state index in [1.807, 2.05) is 22.8 Å². The van der Waals surface area contributed by atoms with Crippen molar-refractivity contribution in [3.05, 3.63) is 28.5 Å². The number of aromatic nitrogens is 2. The number of rotatable bonds is 0. The van der Waals surface area contributed by atoms with Gasteiger partial charge in [0, 0.05) is 17.4 Å². The molecular formula is C11H9BrF2N2. The minimum atomic E-state index is -2.60. The van der Waals surface area contributed by atoms with E-state index in [0.717, 1.165) is 15.5 Å². The number of hydrogen-bond donors (Lipinski definition) is 0. The first-order chi connectivity index (χ1) is 7.55. The molecule has 1 aliphatic heterocycles. The van der Waals surface area contributed by atoms with Gasteiger partial charge in [0.1, 0.15) is 5.82 Å². The van der Waals surface area contributed by atoms with E-state index in [0.29, 0.717) is 12.4 Å². The highest BCUT2D eigenvalue weighted by Gasteiger charge is 2.35. The van der Waals surface area contributed by atoms with E-state index in [2.05, 4.69) is 20.9 Å². The van der Waals surface area contributed by atoms with Crippen LogP contribution in [0.5, 0.6) is 0 Å². The first-order valence-electron chi connectivity index (χ1n) is 5.08. The van der Waals surface area contributed by atoms with E-state index < -0.39 is 5.92 Å². The molecule has 1 aromatic heterocycles. The van der Waals surface area contributed by atoms with Crippen LogP contribution in [0.3, 0.4) is 0 Å². The highest BCUT2D eigenvalue weighted by Crippen LogP contribution is 2.32. The average molecular weight is 287 g/mol. The van der Waals surface area contributed by atoms with E-state index in [9.17, 15) is 8.78 Å². The molecule has 0 radical (unpaired) electrons. The van der Waals surface area contributed by atoms with Gasteiger partial charge in [-0.25, -0.2) is 13.8 Å². The molecule has 1 aliphatic rings. The molecule has 0 fully saturated rings. The Hall–Kier alpha value is -0.970. The minimum Gasteiger partial charge on any atom is -0.328 e. The van der Waals surface area contributed by atoms with Crippen LogP contribution in [0.4, 0.5) is 8.78 Å². The second-order valence-electron chi connectivity index (χ2n) is 4.10. The number of alkyl halides is 2. The van der Waals surface area contributed by atoms with E-state index in [-0.39, 0.29) is 12.8 Å². The van der Waals surface area contributed by atoms with E-state index in [1.165, 1.54) is 0 Å². The molecule has 1 aromatic carbocycles. The number of benzene rings is 1. The van der Waals surface area contributed by atoms with Crippen LogP contribution in [0.15, 0.2) is 22.7 Å². The van der Waals surface area contributed by atoms with Gasteiger partial charge < -0.3 is 4.57 Å². The lowest BCUT2D eigenvalue weighted by atomic mass is 10.1. The molecule has 0 bridgehead atoms. The third kappa shape index (κ3) is 1.54. The van der Waals surface area contributed by atoms with Crippen molar-refractivity contribution in [1.29, 1.82) is 0 Å². The zero-order valence-electron chi connectivity index (χ0n) is 8.38. The predicted molar refractivity (Wildman–Crippen MR) is 60.7 cm³/mol. The van der Waals surface area contributed by atoms with Crippen molar-refractivity contribution in [2.24, 2.45) is 0 Å². The summed E-state index contributed by atoms with van der Waals surface area (Å²) in [6.45, 7) is 0.343. The maximum absolute atomic E-state index is 13.2. The Morgan fingerprint density at radius 2 is 2.19 bits per heavy atom. The first kappa shape index (κ1) is 10.2. The van der Waals surface area contributed by atoms with Crippen LogP contribution >= 0.6 is 15.9 Å². The highest BCUT2D eigenvalue weighted by atomic mass is 79.9. The molecule has 0 spiro atoms. The topological polar surface area (TPSA) is 17.8 Å². The lowest BCUT2D eigenvalue weighted by molar-refractivity contribution is -0.0232. The Labute approximate surface area is 99.4 Å². The van der Waals surface area contributed by atoms with Gasteiger partial charge in [-0.1, -0.05) is 15.9 Å². The van der Waals surface area contributed by atoms with Gasteiger partial charge in [-0.15, -0.1) is 0 Å². The second-order valence-corrected chi connectivity index (χ2v) is 5.01. The monoisotopic (exact) mass is 286 g/mol. The van der Waals surface area contributed by atoms with Crippen molar-refractivity contribution in [1.82, 2.24) is 9.55 Å². The van der Waals surface area contributed by atoms with E-state index in [4.69, 9.17) is 0 Å². The summed E-state index contributed by atoms with van der Waals surface area (Å²) in [7, 11) is 0. The Morgan fingerprint density at radius 1 is 1.38 bits per heavy atom. The number of aryl methyl sites for hydroxylation is 1. The molecule has 2 heterocycles. The molecule has 2 nitrogen and oxygen atoms in total. The number of nitrogens with zero attached hydrogens (tertiary/aromatic N) is 2. The van der Waals surface area contributed by atoms with Crippen molar-refractivity contribution < 1.29 is 8.78 Å². The largest absolute Gasteiger partial charge is 0.328 e. The Morgan fingerprint density at radius 3 is 3.00 bits per heavy atom. The first-order valence-corrected chi connectivity index (χ1v) is 5.87. The van der Waals surface area contributed by atoms with Crippen molar-refractivity contribution >= 4 is 27.0 Å². The summed E-state index contributed by atoms with van der Waals surface area (Å²) >= 11 is 3.38. The zero-order chi connectivity index (χ0) is 11.3. The van der Waals surface area contributed by atoms with Crippen LogP contribution in [0, 0.1) is 0 Å². The third-order valence-corrected chi connectivity index (χ3v) is 3.40. The van der Waals surface area contributed by atoms with Gasteiger partial charge in [-0.3, -0.25) is 0 Å². The molecule has 5 heteroatoms. The Kier molecular flexibility index (Phi) is 2.08. The van der Waals surface area contributed by atoms with Gasteiger partial charge in [0.05, 0.1) is 17.5 Å². The molecule has 0 atom stereocenters. The van der Waals surface area contributed by atoms with E-state index >= 15 is 0 Å². The normalized spacial score (nSPS) is 18.7. The molecule has 3 rings (SSSR count). The smallest absolute Gasteiger partial charge is 0.256 e. The molecular weight excluding hydrogens is 278 g/mol. The summed E-state index contributed by atoms with van der Waals surface area (Å²) in [6.07, 6.45) is -0.350. The van der Waals surface area contributed by atoms with Gasteiger partial charge in [0.15, 0.2) is 0 Å². The second kappa shape index (κ2) is 3.26. The molecule has 2 aromatic rings. The van der Waals surface area contributed by atoms with Crippen molar-refractivity contribution in [2.45, 2.75) is 25.3 Å². The van der Waals surface area contributed by atoms with E-state index in [1.54, 1.807) is 0 Å². The van der Waals surface area contributed by atoms with Gasteiger partial charge >= 0.3 is 0 Å². The number of imidazole rings is 1. The van der Waals surface area contributed by atoms with Crippen molar-refractivity contribution in [2.75, 3.05) is 0 Å². The molecule has 0 unspecified atom stereocenters. The zero-order valence-corrected chi connectivity index (χ0v) is 9.97. The van der Waals surface area contributed by atoms with Gasteiger partial charge in [-0.2, -0.15) is 0 Å². The standard InChI is InChI=1S/C11H9BrF2N2/c12-7-1-2-8-9(5-7)16-4-3-11(13,14)6-10(16)15-8/h1-2,5H,3-4,6H2. The van der Waals surface area contributed by atoms with Crippen LogP contribution in [-0.2, 0) is 13.0 Å². The molecule has 0 saturated carbocycles. The van der Waals surface area contributed by atoms with Crippen molar-refractivity contribution in [3.63, 3.8) is 0 Å². The van der Waals surface area contributed by atoms with Crippen LogP contribution < -0.4 is 0 Å². The minimum absolute atomic E-state index is 0.0992. The average Bonchev–Trinajstić information content (AvgIpc) is 2.52. The summed E-state index contributed by atoms with van der Waals surface area (Å²) in [5.41, 5.74) is 1.72. The fraction of sp³-hybridized carbons (Fsp3) is 0.364. The number of halogens is 3. The molecule has 0 saturated heterocycles. The summed E-state index contributed by atoms with van der Waals surface area (Å²) in [4.78, 5) is 4.25. The lowest BCUT2D eigenvalue weighted by Crippen LogP contribution is -2.29. The predicted octanol–water partition coefficient (Wildman–Crippen LogP) is 3.38. The van der Waals surface area contributed by atoms with Gasteiger partial charge in [0.25, 0.3) is 5.92 Å². The van der Waals surface area contributed by atoms with Gasteiger partial charge in [-0.05, 0) is 18.2 Å². The van der Waals surface area contributed by atoms with Gasteiger partial charge in [0.2, 0.25) is 0 Å². The summed E-state index contributed by atoms with van der Waals surface area (Å²) in [5, 5.41) is 0. The van der Waals surface area contributed by atoms with Crippen LogP contribution in [0.2, 0.25) is 0 Å². The quantitative estimate of drug-likeness (QED) is 0.726.